The summed E-state index contributed by atoms with van der Waals surface area (Å²) in [5.74, 6) is 0.624. The summed E-state index contributed by atoms with van der Waals surface area (Å²) in [6, 6.07) is 7.02. The second-order valence-corrected chi connectivity index (χ2v) is 6.31. The second kappa shape index (κ2) is 7.40. The average Bonchev–Trinajstić information content (AvgIpc) is 2.47. The van der Waals surface area contributed by atoms with Crippen LogP contribution in [-0.2, 0) is 4.79 Å². The number of hydrogen-bond donors (Lipinski definition) is 1. The summed E-state index contributed by atoms with van der Waals surface area (Å²) in [6.45, 7) is 4.64. The molecule has 1 N–H and O–H groups in total. The van der Waals surface area contributed by atoms with Gasteiger partial charge in [-0.3, -0.25) is 14.5 Å². The summed E-state index contributed by atoms with van der Waals surface area (Å²) in [5, 5.41) is 2.89. The lowest BCUT2D eigenvalue weighted by Crippen LogP contribution is -2.39. The monoisotopic (exact) mass is 303 g/mol. The van der Waals surface area contributed by atoms with Gasteiger partial charge < -0.3 is 10.2 Å². The van der Waals surface area contributed by atoms with E-state index in [2.05, 4.69) is 17.1 Å². The van der Waals surface area contributed by atoms with E-state index in [0.29, 0.717) is 18.0 Å². The van der Waals surface area contributed by atoms with Gasteiger partial charge in [0, 0.05) is 31.9 Å². The van der Waals surface area contributed by atoms with Crippen molar-refractivity contribution in [3.8, 4) is 0 Å². The first-order valence-corrected chi connectivity index (χ1v) is 7.79. The van der Waals surface area contributed by atoms with Crippen molar-refractivity contribution in [2.45, 2.75) is 19.8 Å². The first kappa shape index (κ1) is 16.5. The number of hydrogen-bond acceptors (Lipinski definition) is 3. The summed E-state index contributed by atoms with van der Waals surface area (Å²) >= 11 is 0. The molecule has 1 fully saturated rings. The third-order valence-corrected chi connectivity index (χ3v) is 3.93. The smallest absolute Gasteiger partial charge is 0.253 e. The molecule has 0 aliphatic carbocycles. The van der Waals surface area contributed by atoms with Crippen LogP contribution in [0.3, 0.4) is 0 Å². The molecule has 5 nitrogen and oxygen atoms in total. The quantitative estimate of drug-likeness (QED) is 0.926. The Balaban J connectivity index is 1.87. The van der Waals surface area contributed by atoms with Gasteiger partial charge in [-0.25, -0.2) is 0 Å². The topological polar surface area (TPSA) is 52.7 Å². The summed E-state index contributed by atoms with van der Waals surface area (Å²) in [6.07, 6.45) is 2.41. The second-order valence-electron chi connectivity index (χ2n) is 6.31. The molecule has 0 saturated carbocycles. The van der Waals surface area contributed by atoms with Crippen molar-refractivity contribution < 1.29 is 9.59 Å². The lowest BCUT2D eigenvalue weighted by molar-refractivity contribution is -0.117. The maximum atomic E-state index is 12.1. The van der Waals surface area contributed by atoms with Crippen LogP contribution in [0.5, 0.6) is 0 Å². The van der Waals surface area contributed by atoms with Crippen LogP contribution in [0.15, 0.2) is 24.3 Å². The number of rotatable bonds is 4. The van der Waals surface area contributed by atoms with Crippen LogP contribution in [0.1, 0.15) is 30.1 Å². The zero-order chi connectivity index (χ0) is 16.1. The predicted octanol–water partition coefficient (Wildman–Crippen LogP) is 2.06. The zero-order valence-corrected chi connectivity index (χ0v) is 13.6. The Morgan fingerprint density at radius 1 is 1.27 bits per heavy atom. The molecule has 1 aromatic carbocycles. The van der Waals surface area contributed by atoms with Gasteiger partial charge in [-0.1, -0.05) is 6.92 Å². The van der Waals surface area contributed by atoms with E-state index in [1.165, 1.54) is 11.3 Å². The molecule has 22 heavy (non-hydrogen) atoms. The van der Waals surface area contributed by atoms with Crippen molar-refractivity contribution in [3.63, 3.8) is 0 Å². The third kappa shape index (κ3) is 4.56. The van der Waals surface area contributed by atoms with E-state index in [1.54, 1.807) is 38.4 Å². The molecule has 1 heterocycles. The summed E-state index contributed by atoms with van der Waals surface area (Å²) < 4.78 is 0. The van der Waals surface area contributed by atoms with Gasteiger partial charge in [0.25, 0.3) is 5.91 Å². The molecule has 1 atom stereocenters. The van der Waals surface area contributed by atoms with Gasteiger partial charge in [-0.05, 0) is 49.6 Å². The Hall–Kier alpha value is -1.88. The van der Waals surface area contributed by atoms with E-state index in [4.69, 9.17) is 0 Å². The standard InChI is InChI=1S/C17H25N3O2/c1-13-5-4-10-20(11-13)12-16(21)18-15-8-6-14(7-9-15)17(22)19(2)3/h6-9,13H,4-5,10-12H2,1-3H3,(H,18,21)/t13-/m0/s1. The fourth-order valence-electron chi connectivity index (χ4n) is 2.79. The minimum Gasteiger partial charge on any atom is -0.345 e. The third-order valence-electron chi connectivity index (χ3n) is 3.93. The van der Waals surface area contributed by atoms with Crippen LogP contribution in [-0.4, -0.2) is 55.3 Å². The molecule has 0 spiro atoms. The molecule has 120 valence electrons. The molecular formula is C17H25N3O2. The average molecular weight is 303 g/mol. The number of anilines is 1. The molecule has 0 radical (unpaired) electrons. The summed E-state index contributed by atoms with van der Waals surface area (Å²) in [4.78, 5) is 27.6. The number of nitrogens with zero attached hydrogens (tertiary/aromatic N) is 2. The molecule has 0 unspecified atom stereocenters. The lowest BCUT2D eigenvalue weighted by atomic mass is 10.0. The highest BCUT2D eigenvalue weighted by Crippen LogP contribution is 2.15. The van der Waals surface area contributed by atoms with Crippen LogP contribution in [0.4, 0.5) is 5.69 Å². The van der Waals surface area contributed by atoms with Gasteiger partial charge in [0.05, 0.1) is 6.54 Å². The Bertz CT molecular complexity index is 525. The highest BCUT2D eigenvalue weighted by atomic mass is 16.2. The molecule has 1 saturated heterocycles. The number of benzene rings is 1. The SMILES string of the molecule is C[C@H]1CCCN(CC(=O)Nc2ccc(C(=O)N(C)C)cc2)C1. The van der Waals surface area contributed by atoms with Crippen LogP contribution < -0.4 is 5.32 Å². The largest absolute Gasteiger partial charge is 0.345 e. The number of amides is 2. The minimum atomic E-state index is -0.0415. The highest BCUT2D eigenvalue weighted by Gasteiger charge is 2.18. The maximum Gasteiger partial charge on any atom is 0.253 e. The van der Waals surface area contributed by atoms with Gasteiger partial charge >= 0.3 is 0 Å². The van der Waals surface area contributed by atoms with E-state index in [-0.39, 0.29) is 11.8 Å². The number of piperidine rings is 1. The fourth-order valence-corrected chi connectivity index (χ4v) is 2.79. The predicted molar refractivity (Wildman–Crippen MR) is 87.9 cm³/mol. The van der Waals surface area contributed by atoms with Gasteiger partial charge in [0.2, 0.25) is 5.91 Å². The summed E-state index contributed by atoms with van der Waals surface area (Å²) in [7, 11) is 3.44. The van der Waals surface area contributed by atoms with Crippen molar-refractivity contribution >= 4 is 17.5 Å². The van der Waals surface area contributed by atoms with E-state index in [9.17, 15) is 9.59 Å². The van der Waals surface area contributed by atoms with Crippen LogP contribution in [0.2, 0.25) is 0 Å². The van der Waals surface area contributed by atoms with Gasteiger partial charge in [0.1, 0.15) is 0 Å². The number of carbonyl (C=O) groups excluding carboxylic acids is 2. The molecular weight excluding hydrogens is 278 g/mol. The zero-order valence-electron chi connectivity index (χ0n) is 13.6. The minimum absolute atomic E-state index is 0.000728. The highest BCUT2D eigenvalue weighted by molar-refractivity contribution is 5.96. The molecule has 1 aliphatic heterocycles. The van der Waals surface area contributed by atoms with Crippen LogP contribution >= 0.6 is 0 Å². The van der Waals surface area contributed by atoms with Crippen molar-refractivity contribution in [2.75, 3.05) is 39.0 Å². The first-order valence-electron chi connectivity index (χ1n) is 7.79. The Labute approximate surface area is 132 Å². The van der Waals surface area contributed by atoms with Crippen LogP contribution in [0.25, 0.3) is 0 Å². The molecule has 1 aromatic rings. The number of carbonyl (C=O) groups is 2. The van der Waals surface area contributed by atoms with Crippen molar-refractivity contribution in [3.05, 3.63) is 29.8 Å². The first-order chi connectivity index (χ1) is 10.5. The van der Waals surface area contributed by atoms with Crippen molar-refractivity contribution in [1.82, 2.24) is 9.80 Å². The van der Waals surface area contributed by atoms with Gasteiger partial charge in [-0.2, -0.15) is 0 Å². The van der Waals surface area contributed by atoms with Gasteiger partial charge in [0.15, 0.2) is 0 Å². The Kier molecular flexibility index (Phi) is 5.55. The Morgan fingerprint density at radius 3 is 2.55 bits per heavy atom. The maximum absolute atomic E-state index is 12.1. The molecule has 5 heteroatoms. The van der Waals surface area contributed by atoms with Gasteiger partial charge in [-0.15, -0.1) is 0 Å². The number of likely N-dealkylation sites (tertiary alicyclic amines) is 1. The van der Waals surface area contributed by atoms with E-state index < -0.39 is 0 Å². The molecule has 0 bridgehead atoms. The lowest BCUT2D eigenvalue weighted by Gasteiger charge is -2.30. The normalized spacial score (nSPS) is 18.8. The fraction of sp³-hybridized carbons (Fsp3) is 0.529. The van der Waals surface area contributed by atoms with E-state index >= 15 is 0 Å². The Morgan fingerprint density at radius 2 is 1.95 bits per heavy atom. The van der Waals surface area contributed by atoms with Crippen molar-refractivity contribution in [2.24, 2.45) is 5.92 Å². The van der Waals surface area contributed by atoms with E-state index in [1.807, 2.05) is 0 Å². The molecule has 0 aromatic heterocycles. The van der Waals surface area contributed by atoms with Crippen LogP contribution in [0, 0.1) is 5.92 Å². The summed E-state index contributed by atoms with van der Waals surface area (Å²) in [5.41, 5.74) is 1.35. The molecule has 2 amide bonds. The molecule has 2 rings (SSSR count). The molecule has 1 aliphatic rings. The number of nitrogens with one attached hydrogen (secondary N) is 1. The van der Waals surface area contributed by atoms with Crippen molar-refractivity contribution in [1.29, 1.82) is 0 Å². The van der Waals surface area contributed by atoms with E-state index in [0.717, 1.165) is 25.2 Å².